The molecule has 0 spiro atoms. The highest BCUT2D eigenvalue weighted by atomic mass is 16.5. The summed E-state index contributed by atoms with van der Waals surface area (Å²) in [7, 11) is 0. The van der Waals surface area contributed by atoms with Gasteiger partial charge >= 0.3 is 0 Å². The van der Waals surface area contributed by atoms with Gasteiger partial charge in [0.1, 0.15) is 16.8 Å². The van der Waals surface area contributed by atoms with Crippen molar-refractivity contribution >= 4 is 57.7 Å². The van der Waals surface area contributed by atoms with Crippen molar-refractivity contribution in [3.05, 3.63) is 114 Å². The monoisotopic (exact) mass is 757 g/mol. The number of carbonyl (C=O) groups excluding carboxylic acids is 4. The minimum Gasteiger partial charge on any atom is -0.491 e. The third-order valence-corrected chi connectivity index (χ3v) is 9.11. The number of anilines is 2. The van der Waals surface area contributed by atoms with E-state index in [1.54, 1.807) is 57.7 Å². The highest BCUT2D eigenvalue weighted by Crippen LogP contribution is 2.31. The summed E-state index contributed by atoms with van der Waals surface area (Å²) in [6, 6.07) is 16.5. The average molecular weight is 758 g/mol. The largest absolute Gasteiger partial charge is 0.491 e. The lowest BCUT2D eigenvalue weighted by Gasteiger charge is -2.26. The molecule has 0 radical (unpaired) electrons. The van der Waals surface area contributed by atoms with Gasteiger partial charge in [-0.3, -0.25) is 44.3 Å². The number of benzene rings is 2. The van der Waals surface area contributed by atoms with Crippen molar-refractivity contribution in [3.8, 4) is 5.75 Å². The maximum Gasteiger partial charge on any atom is 0.258 e. The molecule has 17 heteroatoms. The average Bonchev–Trinajstić information content (AvgIpc) is 3.74. The van der Waals surface area contributed by atoms with Gasteiger partial charge in [0.15, 0.2) is 5.65 Å². The minimum atomic E-state index is -0.665. The highest BCUT2D eigenvalue weighted by Gasteiger charge is 2.21. The molecule has 0 aliphatic carbocycles. The fourth-order valence-corrected chi connectivity index (χ4v) is 6.26. The number of morpholine rings is 1. The Bertz CT molecular complexity index is 2420. The number of pyridine rings is 2. The van der Waals surface area contributed by atoms with Crippen LogP contribution in [0.15, 0.2) is 91.4 Å². The number of fused-ring (bicyclic) bond motifs is 2. The zero-order valence-corrected chi connectivity index (χ0v) is 30.3. The van der Waals surface area contributed by atoms with E-state index in [1.165, 1.54) is 24.7 Å². The quantitative estimate of drug-likeness (QED) is 0.0878. The Hall–Kier alpha value is -6.98. The van der Waals surface area contributed by atoms with Crippen LogP contribution in [-0.4, -0.2) is 97.1 Å². The summed E-state index contributed by atoms with van der Waals surface area (Å²) < 4.78 is 15.2. The number of allylic oxidation sites excluding steroid dienone is 2. The van der Waals surface area contributed by atoms with Crippen molar-refractivity contribution in [1.82, 2.24) is 34.0 Å². The fraction of sp³-hybridized carbons (Fsp3) is 0.231. The molecule has 4 amide bonds. The van der Waals surface area contributed by atoms with E-state index in [4.69, 9.17) is 25.9 Å². The van der Waals surface area contributed by atoms with E-state index >= 15 is 0 Å². The third kappa shape index (κ3) is 8.53. The molecule has 286 valence electrons. The third-order valence-electron chi connectivity index (χ3n) is 9.11. The maximum atomic E-state index is 13.4. The number of rotatable bonds is 15. The topological polar surface area (TPSA) is 227 Å². The van der Waals surface area contributed by atoms with Crippen LogP contribution in [0.2, 0.25) is 0 Å². The summed E-state index contributed by atoms with van der Waals surface area (Å²) in [6.07, 6.45) is 8.78. The molecular formula is C39H39N11O6. The SMILES string of the molecule is NC(=O)c1cnc2c(c1)nc(NC(=O)c1ccncc1)n2C/C=C/Cn1c(NC(=O)c2ccccc2)nc2cc(C(N)=O)cc(OCCCN3CCOCC3)c21. The van der Waals surface area contributed by atoms with Crippen LogP contribution < -0.4 is 26.8 Å². The molecule has 1 aliphatic rings. The first-order valence-corrected chi connectivity index (χ1v) is 17.9. The van der Waals surface area contributed by atoms with Crippen molar-refractivity contribution < 1.29 is 28.7 Å². The number of carbonyl (C=O) groups is 4. The Labute approximate surface area is 320 Å². The first kappa shape index (κ1) is 37.3. The molecule has 0 saturated carbocycles. The molecule has 17 nitrogen and oxygen atoms in total. The van der Waals surface area contributed by atoms with Gasteiger partial charge in [-0.25, -0.2) is 15.0 Å². The molecule has 4 aromatic heterocycles. The first-order chi connectivity index (χ1) is 27.2. The number of hydrogen-bond acceptors (Lipinski definition) is 11. The number of aromatic nitrogens is 6. The highest BCUT2D eigenvalue weighted by molar-refractivity contribution is 6.05. The normalized spacial score (nSPS) is 13.3. The van der Waals surface area contributed by atoms with Gasteiger partial charge < -0.3 is 25.5 Å². The van der Waals surface area contributed by atoms with Gasteiger partial charge in [-0.15, -0.1) is 0 Å². The number of hydrogen-bond donors (Lipinski definition) is 4. The number of ether oxygens (including phenoxy) is 2. The Morgan fingerprint density at radius 2 is 1.39 bits per heavy atom. The lowest BCUT2D eigenvalue weighted by atomic mass is 10.1. The first-order valence-electron chi connectivity index (χ1n) is 17.9. The molecule has 1 aliphatic heterocycles. The van der Waals surface area contributed by atoms with E-state index < -0.39 is 17.7 Å². The maximum absolute atomic E-state index is 13.4. The summed E-state index contributed by atoms with van der Waals surface area (Å²) >= 11 is 0. The lowest BCUT2D eigenvalue weighted by molar-refractivity contribution is 0.0358. The number of primary amides is 2. The van der Waals surface area contributed by atoms with Crippen LogP contribution in [0.5, 0.6) is 5.75 Å². The lowest BCUT2D eigenvalue weighted by Crippen LogP contribution is -2.37. The van der Waals surface area contributed by atoms with Crippen molar-refractivity contribution in [2.45, 2.75) is 19.5 Å². The Balaban J connectivity index is 1.20. The van der Waals surface area contributed by atoms with Gasteiger partial charge in [0.25, 0.3) is 11.8 Å². The van der Waals surface area contributed by atoms with Crippen LogP contribution in [0.1, 0.15) is 47.9 Å². The molecule has 0 unspecified atom stereocenters. The second kappa shape index (κ2) is 17.0. The van der Waals surface area contributed by atoms with E-state index in [2.05, 4.69) is 30.5 Å². The minimum absolute atomic E-state index is 0.167. The van der Waals surface area contributed by atoms with Gasteiger partial charge in [-0.2, -0.15) is 0 Å². The van der Waals surface area contributed by atoms with Gasteiger partial charge in [0, 0.05) is 68.0 Å². The molecule has 0 atom stereocenters. The molecule has 56 heavy (non-hydrogen) atoms. The summed E-state index contributed by atoms with van der Waals surface area (Å²) in [5.41, 5.74) is 14.1. The summed E-state index contributed by atoms with van der Waals surface area (Å²) in [5.74, 6) is -1.31. The molecule has 0 bridgehead atoms. The second-order valence-corrected chi connectivity index (χ2v) is 12.9. The van der Waals surface area contributed by atoms with E-state index in [-0.39, 0.29) is 42.0 Å². The van der Waals surface area contributed by atoms with Crippen molar-refractivity contribution in [2.75, 3.05) is 50.1 Å². The van der Waals surface area contributed by atoms with Gasteiger partial charge in [-0.1, -0.05) is 30.4 Å². The van der Waals surface area contributed by atoms with Crippen LogP contribution in [0.4, 0.5) is 11.9 Å². The summed E-state index contributed by atoms with van der Waals surface area (Å²) in [4.78, 5) is 70.8. The fourth-order valence-electron chi connectivity index (χ4n) is 6.26. The van der Waals surface area contributed by atoms with Gasteiger partial charge in [0.05, 0.1) is 30.9 Å². The standard InChI is InChI=1S/C39H39N11O6/c40-33(51)27-21-29-32(31(23-27)56-18-6-13-48-16-19-55-20-17-48)49(38(44-29)46-36(53)25-7-2-1-3-8-25)14-4-5-15-50-35-30(22-28(24-43-35)34(41)52)45-39(50)47-37(54)26-9-11-42-12-10-26/h1-5,7-12,21-24H,6,13-20H2,(H2,40,51)(H2,41,52)(H,44,46,53)(H,45,47,54)/b5-4+. The van der Waals surface area contributed by atoms with E-state index in [0.717, 1.165) is 26.1 Å². The molecule has 6 N–H and O–H groups in total. The second-order valence-electron chi connectivity index (χ2n) is 12.9. The van der Waals surface area contributed by atoms with Crippen LogP contribution in [0, 0.1) is 0 Å². The molecule has 2 aromatic carbocycles. The van der Waals surface area contributed by atoms with E-state index in [9.17, 15) is 19.2 Å². The van der Waals surface area contributed by atoms with Crippen LogP contribution in [-0.2, 0) is 17.8 Å². The Morgan fingerprint density at radius 1 is 0.768 bits per heavy atom. The van der Waals surface area contributed by atoms with Gasteiger partial charge in [-0.05, 0) is 48.9 Å². The number of amides is 4. The van der Waals surface area contributed by atoms with Crippen LogP contribution in [0.3, 0.4) is 0 Å². The number of imidazole rings is 2. The number of nitrogens with one attached hydrogen (secondary N) is 2. The zero-order valence-electron chi connectivity index (χ0n) is 30.3. The van der Waals surface area contributed by atoms with Gasteiger partial charge in [0.2, 0.25) is 23.7 Å². The van der Waals surface area contributed by atoms with Crippen molar-refractivity contribution in [2.24, 2.45) is 11.5 Å². The predicted molar refractivity (Wildman–Crippen MR) is 207 cm³/mol. The smallest absolute Gasteiger partial charge is 0.258 e. The molecule has 5 heterocycles. The number of nitrogens with zero attached hydrogens (tertiary/aromatic N) is 7. The zero-order chi connectivity index (χ0) is 39.0. The van der Waals surface area contributed by atoms with E-state index in [0.29, 0.717) is 58.9 Å². The van der Waals surface area contributed by atoms with Crippen LogP contribution in [0.25, 0.3) is 22.2 Å². The van der Waals surface area contributed by atoms with Crippen molar-refractivity contribution in [1.29, 1.82) is 0 Å². The summed E-state index contributed by atoms with van der Waals surface area (Å²) in [5, 5.41) is 5.74. The van der Waals surface area contributed by atoms with E-state index in [1.807, 2.05) is 18.2 Å². The van der Waals surface area contributed by atoms with Crippen molar-refractivity contribution in [3.63, 3.8) is 0 Å². The summed E-state index contributed by atoms with van der Waals surface area (Å²) in [6.45, 7) is 4.65. The molecule has 1 saturated heterocycles. The predicted octanol–water partition coefficient (Wildman–Crippen LogP) is 3.24. The number of nitrogens with two attached hydrogens (primary N) is 2. The Kier molecular flexibility index (Phi) is 11.3. The molecular weight excluding hydrogens is 718 g/mol. The molecule has 6 aromatic rings. The van der Waals surface area contributed by atoms with Crippen LogP contribution >= 0.6 is 0 Å². The molecule has 7 rings (SSSR count). The Morgan fingerprint density at radius 3 is 2.09 bits per heavy atom. The molecule has 1 fully saturated rings.